The summed E-state index contributed by atoms with van der Waals surface area (Å²) in [5.41, 5.74) is 5.15. The van der Waals surface area contributed by atoms with Crippen molar-refractivity contribution in [3.05, 3.63) is 66.2 Å². The van der Waals surface area contributed by atoms with Crippen LogP contribution in [0.3, 0.4) is 0 Å². The lowest BCUT2D eigenvalue weighted by molar-refractivity contribution is 0.619. The third kappa shape index (κ3) is 2.80. The highest BCUT2D eigenvalue weighted by Gasteiger charge is 2.10. The zero-order valence-corrected chi connectivity index (χ0v) is 13.7. The minimum Gasteiger partial charge on any atom is -0.436 e. The third-order valence-corrected chi connectivity index (χ3v) is 4.11. The minimum atomic E-state index is 0.478. The van der Waals surface area contributed by atoms with E-state index in [4.69, 9.17) is 4.42 Å². The van der Waals surface area contributed by atoms with E-state index in [1.165, 1.54) is 11.1 Å². The number of fused-ring (bicyclic) bond motifs is 1. The molecule has 0 aliphatic rings. The zero-order chi connectivity index (χ0) is 16.5. The molecule has 120 valence electrons. The molecule has 4 aromatic rings. The molecule has 0 aliphatic carbocycles. The van der Waals surface area contributed by atoms with Gasteiger partial charge in [0.2, 0.25) is 5.89 Å². The van der Waals surface area contributed by atoms with E-state index in [2.05, 4.69) is 53.3 Å². The number of nitrogens with zero attached hydrogens (tertiary/aromatic N) is 4. The normalized spacial score (nSPS) is 11.5. The van der Waals surface area contributed by atoms with Crippen LogP contribution in [-0.4, -0.2) is 19.7 Å². The summed E-state index contributed by atoms with van der Waals surface area (Å²) in [4.78, 5) is 4.64. The summed E-state index contributed by atoms with van der Waals surface area (Å²) in [6.45, 7) is 5.10. The van der Waals surface area contributed by atoms with Gasteiger partial charge in [0, 0.05) is 12.1 Å². The Morgan fingerprint density at radius 2 is 1.75 bits per heavy atom. The van der Waals surface area contributed by atoms with Gasteiger partial charge in [0.1, 0.15) is 18.2 Å². The van der Waals surface area contributed by atoms with E-state index in [0.717, 1.165) is 23.2 Å². The van der Waals surface area contributed by atoms with Crippen molar-refractivity contribution >= 4 is 11.1 Å². The molecular weight excluding hydrogens is 300 g/mol. The first kappa shape index (κ1) is 14.6. The van der Waals surface area contributed by atoms with Crippen molar-refractivity contribution in [2.24, 2.45) is 0 Å². The quantitative estimate of drug-likeness (QED) is 0.564. The highest BCUT2D eigenvalue weighted by Crippen LogP contribution is 2.27. The Morgan fingerprint density at radius 1 is 1.00 bits per heavy atom. The van der Waals surface area contributed by atoms with Gasteiger partial charge in [-0.3, -0.25) is 0 Å². The molecule has 0 bridgehead atoms. The average Bonchev–Trinajstić information content (AvgIpc) is 3.23. The van der Waals surface area contributed by atoms with Crippen LogP contribution in [0.25, 0.3) is 22.6 Å². The second-order valence-electron chi connectivity index (χ2n) is 6.23. The van der Waals surface area contributed by atoms with Crippen molar-refractivity contribution in [1.82, 2.24) is 19.7 Å². The van der Waals surface area contributed by atoms with Crippen molar-refractivity contribution in [1.29, 1.82) is 0 Å². The van der Waals surface area contributed by atoms with Crippen molar-refractivity contribution < 1.29 is 4.42 Å². The number of rotatable bonds is 4. The molecule has 5 nitrogen and oxygen atoms in total. The Hall–Kier alpha value is -2.95. The van der Waals surface area contributed by atoms with E-state index in [1.54, 1.807) is 12.7 Å². The van der Waals surface area contributed by atoms with Crippen molar-refractivity contribution in [2.45, 2.75) is 26.3 Å². The third-order valence-electron chi connectivity index (χ3n) is 4.11. The van der Waals surface area contributed by atoms with Gasteiger partial charge in [-0.1, -0.05) is 32.0 Å². The highest BCUT2D eigenvalue weighted by molar-refractivity contribution is 5.77. The summed E-state index contributed by atoms with van der Waals surface area (Å²) in [7, 11) is 0. The van der Waals surface area contributed by atoms with Gasteiger partial charge < -0.3 is 8.98 Å². The smallest absolute Gasteiger partial charge is 0.227 e. The van der Waals surface area contributed by atoms with Crippen LogP contribution in [0.2, 0.25) is 0 Å². The molecule has 0 radical (unpaired) electrons. The molecule has 0 spiro atoms. The lowest BCUT2D eigenvalue weighted by Crippen LogP contribution is -1.96. The maximum absolute atomic E-state index is 5.90. The van der Waals surface area contributed by atoms with Crippen LogP contribution in [0.15, 0.2) is 59.5 Å². The van der Waals surface area contributed by atoms with E-state index < -0.39 is 0 Å². The summed E-state index contributed by atoms with van der Waals surface area (Å²) in [5.74, 6) is 1.13. The van der Waals surface area contributed by atoms with Crippen LogP contribution in [0.1, 0.15) is 30.9 Å². The molecule has 0 amide bonds. The summed E-state index contributed by atoms with van der Waals surface area (Å²) < 4.78 is 7.83. The van der Waals surface area contributed by atoms with Crippen LogP contribution < -0.4 is 0 Å². The largest absolute Gasteiger partial charge is 0.436 e. The maximum Gasteiger partial charge on any atom is 0.227 e. The molecule has 0 unspecified atom stereocenters. The van der Waals surface area contributed by atoms with E-state index in [0.29, 0.717) is 11.8 Å². The predicted octanol–water partition coefficient (Wildman–Crippen LogP) is 4.26. The molecule has 4 rings (SSSR count). The molecule has 0 aliphatic heterocycles. The van der Waals surface area contributed by atoms with Crippen molar-refractivity contribution in [3.63, 3.8) is 0 Å². The fraction of sp³-hybridized carbons (Fsp3) is 0.211. The van der Waals surface area contributed by atoms with Crippen LogP contribution in [0.4, 0.5) is 0 Å². The lowest BCUT2D eigenvalue weighted by Gasteiger charge is -2.02. The fourth-order valence-electron chi connectivity index (χ4n) is 2.69. The number of hydrogen-bond acceptors (Lipinski definition) is 4. The second-order valence-corrected chi connectivity index (χ2v) is 6.23. The molecule has 0 saturated carbocycles. The van der Waals surface area contributed by atoms with Crippen LogP contribution in [0.5, 0.6) is 0 Å². The standard InChI is InChI=1S/C19H18N4O/c1-13(2)16-7-8-18-17(9-16)22-19(24-18)15-5-3-14(4-6-15)10-23-11-20-21-12-23/h3-9,11-13H,10H2,1-2H3. The van der Waals surface area contributed by atoms with Crippen LogP contribution in [-0.2, 0) is 6.54 Å². The van der Waals surface area contributed by atoms with Crippen LogP contribution >= 0.6 is 0 Å². The second kappa shape index (κ2) is 5.92. The van der Waals surface area contributed by atoms with Crippen LogP contribution in [0, 0.1) is 0 Å². The lowest BCUT2D eigenvalue weighted by atomic mass is 10.0. The number of oxazole rings is 1. The molecule has 24 heavy (non-hydrogen) atoms. The van der Waals surface area contributed by atoms with Gasteiger partial charge in [-0.05, 0) is 41.3 Å². The molecule has 2 heterocycles. The Morgan fingerprint density at radius 3 is 2.46 bits per heavy atom. The average molecular weight is 318 g/mol. The van der Waals surface area contributed by atoms with E-state index in [9.17, 15) is 0 Å². The predicted molar refractivity (Wildman–Crippen MR) is 92.7 cm³/mol. The minimum absolute atomic E-state index is 0.478. The summed E-state index contributed by atoms with van der Waals surface area (Å²) in [6, 6.07) is 14.4. The molecule has 5 heteroatoms. The Kier molecular flexibility index (Phi) is 3.61. The highest BCUT2D eigenvalue weighted by atomic mass is 16.3. The van der Waals surface area contributed by atoms with Gasteiger partial charge >= 0.3 is 0 Å². The Bertz CT molecular complexity index is 953. The van der Waals surface area contributed by atoms with E-state index >= 15 is 0 Å². The van der Waals surface area contributed by atoms with Gasteiger partial charge in [-0.25, -0.2) is 4.98 Å². The van der Waals surface area contributed by atoms with Gasteiger partial charge in [-0.2, -0.15) is 0 Å². The van der Waals surface area contributed by atoms with E-state index in [-0.39, 0.29) is 0 Å². The summed E-state index contributed by atoms with van der Waals surface area (Å²) >= 11 is 0. The number of aromatic nitrogens is 4. The van der Waals surface area contributed by atoms with Gasteiger partial charge in [0.15, 0.2) is 5.58 Å². The molecule has 0 atom stereocenters. The monoisotopic (exact) mass is 318 g/mol. The SMILES string of the molecule is CC(C)c1ccc2oc(-c3ccc(Cn4cnnc4)cc3)nc2c1. The number of hydrogen-bond donors (Lipinski definition) is 0. The molecule has 0 N–H and O–H groups in total. The first-order valence-corrected chi connectivity index (χ1v) is 8.01. The topological polar surface area (TPSA) is 56.7 Å². The Balaban J connectivity index is 1.62. The fourth-order valence-corrected chi connectivity index (χ4v) is 2.69. The Labute approximate surface area is 140 Å². The molecular formula is C19H18N4O. The van der Waals surface area contributed by atoms with Crippen molar-refractivity contribution in [3.8, 4) is 11.5 Å². The molecule has 2 aromatic heterocycles. The maximum atomic E-state index is 5.90. The van der Waals surface area contributed by atoms with Crippen molar-refractivity contribution in [2.75, 3.05) is 0 Å². The summed E-state index contributed by atoms with van der Waals surface area (Å²) in [6.07, 6.45) is 3.42. The molecule has 2 aromatic carbocycles. The molecule has 0 fully saturated rings. The first-order valence-electron chi connectivity index (χ1n) is 8.01. The summed E-state index contributed by atoms with van der Waals surface area (Å²) in [5, 5.41) is 7.63. The molecule has 0 saturated heterocycles. The van der Waals surface area contributed by atoms with Gasteiger partial charge in [0.25, 0.3) is 0 Å². The first-order chi connectivity index (χ1) is 11.7. The van der Waals surface area contributed by atoms with Gasteiger partial charge in [-0.15, -0.1) is 10.2 Å². The number of benzene rings is 2. The van der Waals surface area contributed by atoms with E-state index in [1.807, 2.05) is 22.8 Å². The zero-order valence-electron chi connectivity index (χ0n) is 13.7. The van der Waals surface area contributed by atoms with Gasteiger partial charge in [0.05, 0.1) is 0 Å².